The average molecular weight is 1280 g/mol. The van der Waals surface area contributed by atoms with Crippen molar-refractivity contribution in [3.05, 3.63) is 282 Å². The van der Waals surface area contributed by atoms with Gasteiger partial charge in [-0.3, -0.25) is 4.79 Å². The second-order valence-electron chi connectivity index (χ2n) is 17.6. The minimum Gasteiger partial charge on any atom is -0.506 e. The van der Waals surface area contributed by atoms with Crippen LogP contribution in [0.4, 0.5) is 53.5 Å². The fourth-order valence-electron chi connectivity index (χ4n) is 8.52. The number of nitriles is 1. The molecule has 0 amide bonds. The van der Waals surface area contributed by atoms with Crippen molar-refractivity contribution in [3.8, 4) is 11.8 Å². The Kier molecular flexibility index (Phi) is 19.7. The number of ketones is 1. The van der Waals surface area contributed by atoms with E-state index < -0.39 is 66.0 Å². The predicted octanol–water partition coefficient (Wildman–Crippen LogP) is 14.1. The molecule has 82 heavy (non-hydrogen) atoms. The van der Waals surface area contributed by atoms with Crippen LogP contribution in [0, 0.1) is 67.3 Å². The van der Waals surface area contributed by atoms with Crippen molar-refractivity contribution in [2.45, 2.75) is 18.0 Å². The van der Waals surface area contributed by atoms with E-state index in [1.54, 1.807) is 24.3 Å². The Labute approximate surface area is 506 Å². The minimum absolute atomic E-state index is 0. The molecule has 0 spiro atoms. The van der Waals surface area contributed by atoms with Gasteiger partial charge in [-0.05, 0) is 48.5 Å². The summed E-state index contributed by atoms with van der Waals surface area (Å²) in [5.41, 5.74) is -3.03. The van der Waals surface area contributed by atoms with Crippen molar-refractivity contribution in [1.82, 2.24) is 0 Å². The van der Waals surface area contributed by atoms with E-state index in [9.17, 15) is 54.6 Å². The monoisotopic (exact) mass is 1280 g/mol. The molecule has 0 saturated heterocycles. The molecule has 0 atom stereocenters. The predicted molar refractivity (Wildman–Crippen MR) is 302 cm³/mol. The molecule has 9 aromatic carbocycles. The van der Waals surface area contributed by atoms with Gasteiger partial charge in [0.15, 0.2) is 25.5 Å². The van der Waals surface area contributed by atoms with Crippen molar-refractivity contribution in [2.75, 3.05) is 4.90 Å². The fraction of sp³-hybridized carbons (Fsp3) is 0.0476. The van der Waals surface area contributed by atoms with Gasteiger partial charge < -0.3 is 23.6 Å². The molecule has 1 N–H and O–H groups in total. The normalized spacial score (nSPS) is 11.5. The Morgan fingerprint density at radius 3 is 1.17 bits per heavy atom. The van der Waals surface area contributed by atoms with E-state index in [0.29, 0.717) is 22.6 Å². The molecule has 1 heterocycles. The number of anilines is 3. The van der Waals surface area contributed by atoms with Crippen LogP contribution in [-0.2, 0) is 9.13 Å². The van der Waals surface area contributed by atoms with Crippen LogP contribution >= 0.6 is 14.3 Å². The number of halogens is 7. The van der Waals surface area contributed by atoms with E-state index >= 15 is 0 Å². The molecule has 1 radical (unpaired) electrons. The van der Waals surface area contributed by atoms with Gasteiger partial charge in [0, 0.05) is 104 Å². The summed E-state index contributed by atoms with van der Waals surface area (Å²) in [7, 11) is -5.55. The van der Waals surface area contributed by atoms with E-state index in [1.807, 2.05) is 188 Å². The molecule has 0 fully saturated rings. The first-order chi connectivity index (χ1) is 38.8. The molecule has 0 saturated carbocycles. The molecule has 1 aromatic heterocycles. The summed E-state index contributed by atoms with van der Waals surface area (Å²) >= 11 is 0. The minimum atomic E-state index is -6.86. The smallest absolute Gasteiger partial charge is 0.460 e. The molecule has 10 rings (SSSR count). The number of aromatic hydroxyl groups is 1. The van der Waals surface area contributed by atoms with Crippen LogP contribution in [0.25, 0.3) is 15.8 Å². The average Bonchev–Trinajstić information content (AvgIpc) is 3.60. The van der Waals surface area contributed by atoms with Gasteiger partial charge in [-0.1, -0.05) is 194 Å². The van der Waals surface area contributed by atoms with E-state index in [1.165, 1.54) is 35.2 Å². The number of alkyl halides is 7. The number of carbonyl (C=O) groups is 1. The number of Topliss-reactive ketones (excluding diaryl/α,β-unsaturated/α-hetero) is 1. The summed E-state index contributed by atoms with van der Waals surface area (Å²) in [6.45, 7) is 7.12. The summed E-state index contributed by atoms with van der Waals surface area (Å²) in [6.07, 6.45) is -6.85. The molecule has 19 heteroatoms. The summed E-state index contributed by atoms with van der Waals surface area (Å²) in [5.74, 6) is -18.2. The maximum atomic E-state index is 14.0. The van der Waals surface area contributed by atoms with E-state index in [-0.39, 0.29) is 55.1 Å². The van der Waals surface area contributed by atoms with Gasteiger partial charge in [-0.15, -0.1) is 0 Å². The maximum absolute atomic E-state index is 14.0. The van der Waals surface area contributed by atoms with Crippen LogP contribution in [0.2, 0.25) is 0 Å². The Balaban J connectivity index is 0.000000196. The van der Waals surface area contributed by atoms with Crippen molar-refractivity contribution in [1.29, 1.82) is 5.26 Å². The van der Waals surface area contributed by atoms with Gasteiger partial charge in [0.1, 0.15) is 11.3 Å². The summed E-state index contributed by atoms with van der Waals surface area (Å²) in [4.78, 5) is 29.3. The number of rotatable bonds is 12. The van der Waals surface area contributed by atoms with Gasteiger partial charge in [0.05, 0.1) is 23.6 Å². The summed E-state index contributed by atoms with van der Waals surface area (Å²) < 4.78 is 125. The molecule has 0 aliphatic rings. The van der Waals surface area contributed by atoms with Crippen LogP contribution in [0.15, 0.2) is 258 Å². The molecular formula is C63H42EuF7N3O6P2. The first-order valence-corrected chi connectivity index (χ1v) is 27.7. The Morgan fingerprint density at radius 1 is 0.524 bits per heavy atom. The van der Waals surface area contributed by atoms with E-state index in [2.05, 4.69) is 4.85 Å². The van der Waals surface area contributed by atoms with E-state index in [0.717, 1.165) is 44.0 Å². The first kappa shape index (κ1) is 61.6. The zero-order chi connectivity index (χ0) is 58.0. The molecule has 0 bridgehead atoms. The van der Waals surface area contributed by atoms with Gasteiger partial charge in [0.2, 0.25) is 5.78 Å². The third kappa shape index (κ3) is 12.7. The third-order valence-corrected chi connectivity index (χ3v) is 18.7. The first-order valence-electron chi connectivity index (χ1n) is 24.3. The van der Waals surface area contributed by atoms with Gasteiger partial charge in [-0.2, -0.15) is 36.0 Å². The SMILES string of the molecule is O=P(c1ccccc1)(c1ccccc1)c1ccccc1.O=P(c1ccccc1)(c1ccccc1)c1ccccc1.[C-]#[N+]c1ccc(N(c2ccc(C#N)cc2)c2ccc3c(O)c(C(=O)C(F)(F)C(F)(F)C(F)(F)F)c(=O)oc3c2)cc1.[Eu]. The number of nitrogens with zero attached hydrogens (tertiary/aromatic N) is 3. The summed E-state index contributed by atoms with van der Waals surface area (Å²) in [5, 5.41) is 24.1. The number of fused-ring (bicyclic) bond motifs is 1. The molecular weight excluding hydrogens is 1240 g/mol. The standard InChI is InChI=1S/C27H12F7N3O4.2C18H15OP.Eu/c1-36-15-4-8-17(9-5-15)37(16-6-2-14(13-35)3-7-16)18-10-11-19-20(12-18)41-24(40)21(22(19)38)23(39)25(28,29)26(30,31)27(32,33)34;2*19-20(16-10-4-1-5-11-16,17-12-6-2-7-13-17)18-14-8-3-9-15-18;/h2-12,38H;2*1-15H;. The third-order valence-electron chi connectivity index (χ3n) is 12.6. The van der Waals surface area contributed by atoms with Crippen molar-refractivity contribution < 1.29 is 104 Å². The van der Waals surface area contributed by atoms with E-state index in [4.69, 9.17) is 16.3 Å². The van der Waals surface area contributed by atoms with Gasteiger partial charge in [-0.25, -0.2) is 9.64 Å². The number of hydrogen-bond donors (Lipinski definition) is 1. The number of hydrogen-bond acceptors (Lipinski definition) is 8. The zero-order valence-electron chi connectivity index (χ0n) is 42.4. The zero-order valence-corrected chi connectivity index (χ0v) is 46.6. The Hall–Kier alpha value is -8.01. The van der Waals surface area contributed by atoms with Crippen LogP contribution in [-0.4, -0.2) is 28.9 Å². The van der Waals surface area contributed by atoms with Crippen LogP contribution in [0.5, 0.6) is 5.75 Å². The maximum Gasteiger partial charge on any atom is 0.460 e. The Bertz CT molecular complexity index is 3670. The second-order valence-corrected chi connectivity index (χ2v) is 23.2. The van der Waals surface area contributed by atoms with Gasteiger partial charge >= 0.3 is 23.6 Å². The van der Waals surface area contributed by atoms with Crippen molar-refractivity contribution in [3.63, 3.8) is 0 Å². The molecule has 0 aliphatic heterocycles. The molecule has 0 unspecified atom stereocenters. The number of benzene rings is 9. The fourth-order valence-corrected chi connectivity index (χ4v) is 13.9. The number of carbonyl (C=O) groups excluding carboxylic acids is 1. The molecule has 9 nitrogen and oxygen atoms in total. The molecule has 10 aromatic rings. The summed E-state index contributed by atoms with van der Waals surface area (Å²) in [6, 6.07) is 75.7. The quantitative estimate of drug-likeness (QED) is 0.0420. The second kappa shape index (κ2) is 26.3. The van der Waals surface area contributed by atoms with Gasteiger partial charge in [0.25, 0.3) is 0 Å². The van der Waals surface area contributed by atoms with Crippen LogP contribution in [0.1, 0.15) is 15.9 Å². The largest absolute Gasteiger partial charge is 0.506 e. The Morgan fingerprint density at radius 2 is 0.854 bits per heavy atom. The van der Waals surface area contributed by atoms with Crippen molar-refractivity contribution in [2.24, 2.45) is 0 Å². The molecule has 411 valence electrons. The van der Waals surface area contributed by atoms with Crippen LogP contribution in [0.3, 0.4) is 0 Å². The molecule has 0 aliphatic carbocycles. The topological polar surface area (TPSA) is 133 Å². The van der Waals surface area contributed by atoms with Crippen LogP contribution < -0.4 is 42.4 Å². The van der Waals surface area contributed by atoms with Crippen molar-refractivity contribution >= 4 is 85.6 Å².